The van der Waals surface area contributed by atoms with E-state index >= 15 is 0 Å². The molecule has 0 saturated carbocycles. The highest BCUT2D eigenvalue weighted by atomic mass is 31.1. The minimum Gasteiger partial charge on any atom is -0.482 e. The Labute approximate surface area is 217 Å². The van der Waals surface area contributed by atoms with Gasteiger partial charge in [0, 0.05) is 11.1 Å². The van der Waals surface area contributed by atoms with Crippen molar-refractivity contribution in [3.8, 4) is 11.5 Å². The Balaban J connectivity index is 2.72. The number of rotatable bonds is 7. The molecule has 35 heavy (non-hydrogen) atoms. The maximum Gasteiger partial charge on any atom is 0.215 e. The monoisotopic (exact) mass is 500 g/mol. The van der Waals surface area contributed by atoms with Gasteiger partial charge in [-0.25, -0.2) is 0 Å². The smallest absolute Gasteiger partial charge is 0.215 e. The van der Waals surface area contributed by atoms with Crippen molar-refractivity contribution in [2.24, 2.45) is 0 Å². The molecule has 3 nitrogen and oxygen atoms in total. The summed E-state index contributed by atoms with van der Waals surface area (Å²) in [7, 11) is -0.0447. The predicted octanol–water partition coefficient (Wildman–Crippen LogP) is 9.43. The quantitative estimate of drug-likeness (QED) is 0.280. The van der Waals surface area contributed by atoms with Crippen LogP contribution in [0.4, 0.5) is 0 Å². The fourth-order valence-corrected chi connectivity index (χ4v) is 4.66. The summed E-state index contributed by atoms with van der Waals surface area (Å²) in [6.07, 6.45) is 0. The van der Waals surface area contributed by atoms with Crippen LogP contribution in [0.25, 0.3) is 0 Å². The Morgan fingerprint density at radius 1 is 0.629 bits per heavy atom. The average molecular weight is 501 g/mol. The van der Waals surface area contributed by atoms with Crippen molar-refractivity contribution >= 4 is 9.03 Å². The largest absolute Gasteiger partial charge is 0.482 e. The van der Waals surface area contributed by atoms with Crippen LogP contribution in [0, 0.1) is 13.8 Å². The lowest BCUT2D eigenvalue weighted by Crippen LogP contribution is -2.29. The van der Waals surface area contributed by atoms with Crippen molar-refractivity contribution in [3.05, 3.63) is 57.6 Å². The summed E-state index contributed by atoms with van der Waals surface area (Å²) in [6, 6.07) is 9.11. The van der Waals surface area contributed by atoms with Crippen LogP contribution in [0.1, 0.15) is 116 Å². The highest BCUT2D eigenvalue weighted by Crippen LogP contribution is 2.45. The Bertz CT molecular complexity index is 1030. The zero-order chi connectivity index (χ0) is 27.0. The molecule has 0 aromatic heterocycles. The van der Waals surface area contributed by atoms with Crippen LogP contribution in [-0.4, -0.2) is 6.61 Å². The van der Waals surface area contributed by atoms with E-state index in [9.17, 15) is 0 Å². The summed E-state index contributed by atoms with van der Waals surface area (Å²) >= 11 is 0. The molecule has 0 amide bonds. The second-order valence-electron chi connectivity index (χ2n) is 13.3. The molecule has 2 aromatic carbocycles. The molecule has 0 bridgehead atoms. The van der Waals surface area contributed by atoms with Gasteiger partial charge < -0.3 is 13.8 Å². The molecule has 1 atom stereocenters. The van der Waals surface area contributed by atoms with E-state index in [1.54, 1.807) is 0 Å². The minimum absolute atomic E-state index is 0.0111. The van der Waals surface area contributed by atoms with Crippen molar-refractivity contribution in [3.63, 3.8) is 0 Å². The highest BCUT2D eigenvalue weighted by molar-refractivity contribution is 7.26. The Hall–Kier alpha value is -1.57. The molecule has 4 heteroatoms. The molecule has 2 rings (SSSR count). The minimum atomic E-state index is -0.619. The van der Waals surface area contributed by atoms with Gasteiger partial charge in [-0.2, -0.15) is 0 Å². The maximum absolute atomic E-state index is 7.00. The van der Waals surface area contributed by atoms with Crippen molar-refractivity contribution in [2.45, 2.75) is 119 Å². The fourth-order valence-electron chi connectivity index (χ4n) is 4.13. The number of aryl methyl sites for hydroxylation is 2. The molecule has 0 saturated heterocycles. The zero-order valence-corrected chi connectivity index (χ0v) is 25.7. The van der Waals surface area contributed by atoms with Gasteiger partial charge >= 0.3 is 0 Å². The van der Waals surface area contributed by atoms with Gasteiger partial charge in [-0.05, 0) is 79.2 Å². The van der Waals surface area contributed by atoms with Crippen LogP contribution in [0.5, 0.6) is 11.5 Å². The van der Waals surface area contributed by atoms with Crippen LogP contribution in [-0.2, 0) is 26.4 Å². The summed E-state index contributed by atoms with van der Waals surface area (Å²) in [6.45, 7) is 31.5. The van der Waals surface area contributed by atoms with Crippen LogP contribution in [0.2, 0.25) is 0 Å². The van der Waals surface area contributed by atoms with Crippen LogP contribution >= 0.6 is 9.03 Å². The lowest BCUT2D eigenvalue weighted by atomic mass is 9.78. The predicted molar refractivity (Wildman–Crippen MR) is 153 cm³/mol. The molecular formula is C31H49O3P. The Morgan fingerprint density at radius 2 is 1.09 bits per heavy atom. The molecule has 0 heterocycles. The normalized spacial score (nSPS) is 13.5. The SMILES string of the molecule is CCOPOc1c(C)cc(C(C)(C)C)cc1C(C)(C)Oc1c(C)cc(C(C)(C)C)cc1C(C)(C)C. The van der Waals surface area contributed by atoms with Gasteiger partial charge in [-0.1, -0.05) is 80.5 Å². The third-order valence-corrected chi connectivity index (χ3v) is 7.14. The second-order valence-corrected chi connectivity index (χ2v) is 14.0. The molecule has 0 aliphatic heterocycles. The van der Waals surface area contributed by atoms with Crippen molar-refractivity contribution in [2.75, 3.05) is 6.61 Å². The van der Waals surface area contributed by atoms with Gasteiger partial charge in [0.15, 0.2) is 0 Å². The molecule has 2 aromatic rings. The lowest BCUT2D eigenvalue weighted by molar-refractivity contribution is 0.102. The van der Waals surface area contributed by atoms with E-state index in [0.29, 0.717) is 6.61 Å². The van der Waals surface area contributed by atoms with Crippen molar-refractivity contribution in [1.29, 1.82) is 0 Å². The first-order valence-electron chi connectivity index (χ1n) is 12.8. The van der Waals surface area contributed by atoms with E-state index in [4.69, 9.17) is 13.8 Å². The first kappa shape index (κ1) is 29.7. The zero-order valence-electron chi connectivity index (χ0n) is 24.7. The number of hydrogen-bond acceptors (Lipinski definition) is 3. The van der Waals surface area contributed by atoms with Gasteiger partial charge in [0.25, 0.3) is 0 Å². The molecular weight excluding hydrogens is 451 g/mol. The summed E-state index contributed by atoms with van der Waals surface area (Å²) in [5.74, 6) is 1.82. The molecule has 0 aliphatic rings. The number of hydrogen-bond donors (Lipinski definition) is 0. The summed E-state index contributed by atoms with van der Waals surface area (Å²) in [5, 5.41) is 0. The van der Waals surface area contributed by atoms with E-state index in [-0.39, 0.29) is 25.3 Å². The first-order chi connectivity index (χ1) is 15.8. The maximum atomic E-state index is 7.00. The number of ether oxygens (including phenoxy) is 1. The van der Waals surface area contributed by atoms with Gasteiger partial charge in [-0.15, -0.1) is 0 Å². The molecule has 0 fully saturated rings. The Morgan fingerprint density at radius 3 is 1.51 bits per heavy atom. The molecule has 0 aliphatic carbocycles. The molecule has 1 unspecified atom stereocenters. The van der Waals surface area contributed by atoms with Crippen molar-refractivity contribution in [1.82, 2.24) is 0 Å². The van der Waals surface area contributed by atoms with Gasteiger partial charge in [-0.3, -0.25) is 0 Å². The van der Waals surface area contributed by atoms with E-state index in [1.165, 1.54) is 16.7 Å². The number of benzene rings is 2. The third kappa shape index (κ3) is 7.23. The average Bonchev–Trinajstić information content (AvgIpc) is 2.67. The molecule has 196 valence electrons. The van der Waals surface area contributed by atoms with Crippen LogP contribution in [0.3, 0.4) is 0 Å². The molecule has 0 radical (unpaired) electrons. The van der Waals surface area contributed by atoms with Crippen molar-refractivity contribution < 1.29 is 13.8 Å². The van der Waals surface area contributed by atoms with Gasteiger partial charge in [0.05, 0.1) is 6.61 Å². The highest BCUT2D eigenvalue weighted by Gasteiger charge is 2.33. The van der Waals surface area contributed by atoms with Gasteiger partial charge in [0.2, 0.25) is 9.03 Å². The molecule has 0 N–H and O–H groups in total. The van der Waals surface area contributed by atoms with Crippen LogP contribution in [0.15, 0.2) is 24.3 Å². The summed E-state index contributed by atoms with van der Waals surface area (Å²) in [4.78, 5) is 0. The Kier molecular flexibility index (Phi) is 8.84. The summed E-state index contributed by atoms with van der Waals surface area (Å²) in [5.41, 5.74) is 6.55. The lowest BCUT2D eigenvalue weighted by Gasteiger charge is -2.35. The molecule has 0 spiro atoms. The first-order valence-corrected chi connectivity index (χ1v) is 13.6. The van der Waals surface area contributed by atoms with E-state index in [0.717, 1.165) is 28.2 Å². The van der Waals surface area contributed by atoms with Gasteiger partial charge in [0.1, 0.15) is 17.1 Å². The van der Waals surface area contributed by atoms with Crippen LogP contribution < -0.4 is 9.26 Å². The standard InChI is InChI=1S/C31H49O3P/c1-15-32-35-34-27-21(3)17-23(29(7,8)9)19-25(27)31(13,14)33-26-20(2)16-22(28(4,5)6)18-24(26)30(10,11)12/h16-19,35H,15H2,1-14H3. The van der Waals surface area contributed by atoms with E-state index in [1.807, 2.05) is 6.92 Å². The third-order valence-electron chi connectivity index (χ3n) is 6.44. The topological polar surface area (TPSA) is 27.7 Å². The summed E-state index contributed by atoms with van der Waals surface area (Å²) < 4.78 is 18.8. The van der Waals surface area contributed by atoms with E-state index in [2.05, 4.69) is 114 Å². The second kappa shape index (κ2) is 10.4. The fraction of sp³-hybridized carbons (Fsp3) is 0.613. The van der Waals surface area contributed by atoms with E-state index < -0.39 is 5.60 Å².